The first-order chi connectivity index (χ1) is 12.9. The van der Waals surface area contributed by atoms with Crippen LogP contribution < -0.4 is 34.0 Å². The number of thiazole rings is 1. The normalized spacial score (nSPS) is 12.0. The monoisotopic (exact) mass is 531 g/mol. The lowest BCUT2D eigenvalue weighted by Gasteiger charge is -2.05. The molecule has 3 aromatic rings. The van der Waals surface area contributed by atoms with Gasteiger partial charge in [-0.1, -0.05) is 30.4 Å². The maximum atomic E-state index is 11.1. The van der Waals surface area contributed by atoms with Crippen molar-refractivity contribution in [3.63, 3.8) is 0 Å². The van der Waals surface area contributed by atoms with E-state index in [1.807, 2.05) is 0 Å². The lowest BCUT2D eigenvalue weighted by molar-refractivity contribution is -0.671. The fraction of sp³-hybridized carbons (Fsp3) is 0.263. The summed E-state index contributed by atoms with van der Waals surface area (Å²) < 4.78 is 34.8. The predicted molar refractivity (Wildman–Crippen MR) is 109 cm³/mol. The summed E-state index contributed by atoms with van der Waals surface area (Å²) in [5, 5.41) is 5.72. The lowest BCUT2D eigenvalue weighted by atomic mass is 10.2. The number of fused-ring (bicyclic) bond motifs is 1. The maximum absolute atomic E-state index is 11.1. The maximum Gasteiger partial charge on any atom is 0.294 e. The van der Waals surface area contributed by atoms with Gasteiger partial charge in [-0.3, -0.25) is 9.98 Å². The number of aromatic nitrogens is 1. The second kappa shape index (κ2) is 9.77. The predicted octanol–water partition coefficient (Wildman–Crippen LogP) is 1.02. The topological polar surface area (TPSA) is 82.6 Å². The quantitative estimate of drug-likeness (QED) is 0.157. The fourth-order valence-corrected chi connectivity index (χ4v) is 4.35. The second-order valence-electron chi connectivity index (χ2n) is 6.13. The Morgan fingerprint density at radius 3 is 2.50 bits per heavy atom. The minimum absolute atomic E-state index is 0. The van der Waals surface area contributed by atoms with Crippen LogP contribution in [0.4, 0.5) is 5.69 Å². The fourth-order valence-electron chi connectivity index (χ4n) is 2.83. The first-order valence-electron chi connectivity index (χ1n) is 8.65. The number of hydrogen-bond acceptors (Lipinski definition) is 5. The summed E-state index contributed by atoms with van der Waals surface area (Å²) in [5.74, 6) is 0. The van der Waals surface area contributed by atoms with Gasteiger partial charge >= 0.3 is 0 Å². The molecule has 0 bridgehead atoms. The average Bonchev–Trinajstić information content (AvgIpc) is 2.97. The summed E-state index contributed by atoms with van der Waals surface area (Å²) >= 11 is 1.79. The average molecular weight is 531 g/mol. The molecular formula is C19H22IN3O3S2. The van der Waals surface area contributed by atoms with Gasteiger partial charge in [0, 0.05) is 25.1 Å². The highest BCUT2D eigenvalue weighted by Crippen LogP contribution is 2.19. The Kier molecular flexibility index (Phi) is 7.93. The van der Waals surface area contributed by atoms with Crippen molar-refractivity contribution in [2.75, 3.05) is 5.43 Å². The molecule has 6 nitrogen and oxygen atoms in total. The lowest BCUT2D eigenvalue weighted by Crippen LogP contribution is -3.00. The summed E-state index contributed by atoms with van der Waals surface area (Å²) in [5.41, 5.74) is 5.89. The molecular weight excluding hydrogens is 509 g/mol. The Labute approximate surface area is 186 Å². The van der Waals surface area contributed by atoms with E-state index in [-0.39, 0.29) is 28.9 Å². The first kappa shape index (κ1) is 22.7. The van der Waals surface area contributed by atoms with Gasteiger partial charge in [-0.25, -0.2) is 0 Å². The van der Waals surface area contributed by atoms with Crippen molar-refractivity contribution in [1.29, 1.82) is 0 Å². The van der Waals surface area contributed by atoms with Crippen molar-refractivity contribution >= 4 is 43.1 Å². The molecule has 3 rings (SSSR count). The van der Waals surface area contributed by atoms with E-state index in [2.05, 4.69) is 53.2 Å². The van der Waals surface area contributed by atoms with E-state index in [0.717, 1.165) is 25.1 Å². The highest BCUT2D eigenvalue weighted by Gasteiger charge is 2.16. The molecule has 0 radical (unpaired) electrons. The SMILES string of the molecule is CCC(CC[n+]1c(C)sc2ccccc21)=NNc1ccc(S(=O)(=O)O)cc1.[I-]. The molecule has 2 aromatic carbocycles. The molecule has 0 amide bonds. The third-order valence-corrected chi connectivity index (χ3v) is 6.27. The zero-order valence-electron chi connectivity index (χ0n) is 15.6. The van der Waals surface area contributed by atoms with Crippen molar-refractivity contribution in [1.82, 2.24) is 0 Å². The van der Waals surface area contributed by atoms with Crippen LogP contribution in [0.5, 0.6) is 0 Å². The van der Waals surface area contributed by atoms with Gasteiger partial charge in [0.05, 0.1) is 10.6 Å². The largest absolute Gasteiger partial charge is 1.00 e. The van der Waals surface area contributed by atoms with Crippen molar-refractivity contribution in [2.45, 2.75) is 38.1 Å². The zero-order chi connectivity index (χ0) is 19.4. The molecule has 0 spiro atoms. The van der Waals surface area contributed by atoms with Gasteiger partial charge in [0.15, 0.2) is 6.54 Å². The van der Waals surface area contributed by atoms with Crippen LogP contribution >= 0.6 is 11.3 Å². The Balaban J connectivity index is 0.00000280. The molecule has 0 saturated carbocycles. The second-order valence-corrected chi connectivity index (χ2v) is 8.79. The van der Waals surface area contributed by atoms with E-state index < -0.39 is 10.1 Å². The van der Waals surface area contributed by atoms with Crippen LogP contribution in [0.1, 0.15) is 24.8 Å². The third kappa shape index (κ3) is 5.49. The van der Waals surface area contributed by atoms with Gasteiger partial charge < -0.3 is 24.0 Å². The van der Waals surface area contributed by atoms with Crippen molar-refractivity contribution in [3.8, 4) is 0 Å². The van der Waals surface area contributed by atoms with Gasteiger partial charge in [0.25, 0.3) is 10.1 Å². The summed E-state index contributed by atoms with van der Waals surface area (Å²) in [4.78, 5) is -0.135. The molecule has 0 atom stereocenters. The van der Waals surface area contributed by atoms with Crippen LogP contribution in [0.3, 0.4) is 0 Å². The third-order valence-electron chi connectivity index (χ3n) is 4.32. The molecule has 0 unspecified atom stereocenters. The van der Waals surface area contributed by atoms with Crippen molar-refractivity contribution in [2.24, 2.45) is 5.10 Å². The van der Waals surface area contributed by atoms with E-state index >= 15 is 0 Å². The van der Waals surface area contributed by atoms with Crippen LogP contribution in [0.15, 0.2) is 58.5 Å². The van der Waals surface area contributed by atoms with E-state index in [0.29, 0.717) is 5.69 Å². The smallest absolute Gasteiger partial charge is 0.294 e. The summed E-state index contributed by atoms with van der Waals surface area (Å²) in [7, 11) is -4.18. The van der Waals surface area contributed by atoms with Gasteiger partial charge in [-0.15, -0.1) is 0 Å². The molecule has 0 fully saturated rings. The van der Waals surface area contributed by atoms with Crippen LogP contribution in [0.2, 0.25) is 0 Å². The van der Waals surface area contributed by atoms with E-state index in [1.165, 1.54) is 27.4 Å². The Morgan fingerprint density at radius 2 is 1.86 bits per heavy atom. The number of rotatable bonds is 7. The highest BCUT2D eigenvalue weighted by molar-refractivity contribution is 7.85. The van der Waals surface area contributed by atoms with Crippen molar-refractivity contribution in [3.05, 3.63) is 53.5 Å². The van der Waals surface area contributed by atoms with Crippen LogP contribution in [0, 0.1) is 6.92 Å². The van der Waals surface area contributed by atoms with Crippen LogP contribution in [-0.4, -0.2) is 18.7 Å². The van der Waals surface area contributed by atoms with Gasteiger partial charge in [0.2, 0.25) is 10.5 Å². The molecule has 0 saturated heterocycles. The number of aryl methyl sites for hydroxylation is 2. The molecule has 9 heteroatoms. The molecule has 1 heterocycles. The summed E-state index contributed by atoms with van der Waals surface area (Å²) in [6.07, 6.45) is 1.64. The number of nitrogens with zero attached hydrogens (tertiary/aromatic N) is 2. The number of nitrogens with one attached hydrogen (secondary N) is 1. The molecule has 0 aliphatic carbocycles. The molecule has 0 aliphatic heterocycles. The standard InChI is InChI=1S/C19H21N3O3S2.HI/c1-3-15(20-21-16-8-10-17(11-9-16)27(23,24)25)12-13-22-14(2)26-19-7-5-4-6-18(19)22;/h4-11,21H,3,12-13H2,1-2H3;1H. The van der Waals surface area contributed by atoms with Gasteiger partial charge in [-0.2, -0.15) is 18.1 Å². The Morgan fingerprint density at radius 1 is 1.18 bits per heavy atom. The van der Waals surface area contributed by atoms with Crippen molar-refractivity contribution < 1.29 is 41.5 Å². The minimum atomic E-state index is -4.18. The number of halogens is 1. The molecule has 2 N–H and O–H groups in total. The number of hydrogen-bond donors (Lipinski definition) is 2. The van der Waals surface area contributed by atoms with Gasteiger partial charge in [0.1, 0.15) is 4.70 Å². The number of anilines is 1. The molecule has 150 valence electrons. The van der Waals surface area contributed by atoms with E-state index in [4.69, 9.17) is 4.55 Å². The minimum Gasteiger partial charge on any atom is -1.00 e. The first-order valence-corrected chi connectivity index (χ1v) is 10.9. The molecule has 28 heavy (non-hydrogen) atoms. The number of benzene rings is 2. The van der Waals surface area contributed by atoms with Crippen LogP contribution in [0.25, 0.3) is 10.2 Å². The number of para-hydroxylation sites is 1. The zero-order valence-corrected chi connectivity index (χ0v) is 19.4. The highest BCUT2D eigenvalue weighted by atomic mass is 127. The van der Waals surface area contributed by atoms with E-state index in [9.17, 15) is 8.42 Å². The Bertz CT molecular complexity index is 1080. The Hall–Kier alpha value is -1.56. The van der Waals surface area contributed by atoms with Gasteiger partial charge in [-0.05, 0) is 36.8 Å². The van der Waals surface area contributed by atoms with Crippen LogP contribution in [-0.2, 0) is 16.7 Å². The summed E-state index contributed by atoms with van der Waals surface area (Å²) in [6.45, 7) is 5.04. The van der Waals surface area contributed by atoms with E-state index in [1.54, 1.807) is 23.5 Å². The summed E-state index contributed by atoms with van der Waals surface area (Å²) in [6, 6.07) is 14.2. The molecule has 0 aliphatic rings. The number of hydrazone groups is 1. The molecule has 1 aromatic heterocycles.